The fourth-order valence-corrected chi connectivity index (χ4v) is 1.23. The highest BCUT2D eigenvalue weighted by Crippen LogP contribution is 2.16. The second kappa shape index (κ2) is 3.03. The Bertz CT molecular complexity index is 605. The van der Waals surface area contributed by atoms with Gasteiger partial charge in [-0.3, -0.25) is 4.55 Å². The molecule has 0 aliphatic carbocycles. The number of nitrogens with one attached hydrogen (secondary N) is 1. The highest BCUT2D eigenvalue weighted by Gasteiger charge is 2.13. The molecule has 9 nitrogen and oxygen atoms in total. The largest absolute Gasteiger partial charge is 0.449 e. The first-order valence-corrected chi connectivity index (χ1v) is 4.96. The van der Waals surface area contributed by atoms with E-state index >= 15 is 0 Å². The molecule has 0 atom stereocenters. The van der Waals surface area contributed by atoms with E-state index in [-0.39, 0.29) is 11.5 Å². The summed E-state index contributed by atoms with van der Waals surface area (Å²) in [6.07, 6.45) is 1.31. The lowest BCUT2D eigenvalue weighted by molar-refractivity contribution is 0.375. The highest BCUT2D eigenvalue weighted by atomic mass is 32.3. The van der Waals surface area contributed by atoms with E-state index in [0.29, 0.717) is 5.52 Å². The van der Waals surface area contributed by atoms with Crippen LogP contribution in [0, 0.1) is 0 Å². The first-order valence-electron chi connectivity index (χ1n) is 3.59. The smallest absolute Gasteiger partial charge is 0.382 e. The number of aromatic amines is 1. The molecular weight excluding hydrogens is 226 g/mol. The van der Waals surface area contributed by atoms with Crippen LogP contribution in [0.25, 0.3) is 11.2 Å². The zero-order valence-corrected chi connectivity index (χ0v) is 7.89. The number of aromatic nitrogens is 4. The minimum absolute atomic E-state index is 0.0313. The number of rotatable bonds is 2. The Labute approximate surface area is 83.3 Å². The van der Waals surface area contributed by atoms with Crippen LogP contribution in [0.3, 0.4) is 0 Å². The maximum Gasteiger partial charge on any atom is 0.449 e. The third-order valence-electron chi connectivity index (χ3n) is 1.47. The zero-order chi connectivity index (χ0) is 11.1. The van der Waals surface area contributed by atoms with Crippen molar-refractivity contribution in [2.45, 2.75) is 0 Å². The van der Waals surface area contributed by atoms with Crippen molar-refractivity contribution in [1.82, 2.24) is 19.9 Å². The molecule has 80 valence electrons. The lowest BCUT2D eigenvalue weighted by atomic mass is 10.5. The Morgan fingerprint density at radius 1 is 1.47 bits per heavy atom. The minimum Gasteiger partial charge on any atom is -0.382 e. The van der Waals surface area contributed by atoms with Crippen LogP contribution in [0.15, 0.2) is 6.33 Å². The van der Waals surface area contributed by atoms with Gasteiger partial charge in [-0.05, 0) is 0 Å². The molecule has 0 saturated carbocycles. The van der Waals surface area contributed by atoms with Gasteiger partial charge in [0.25, 0.3) is 0 Å². The van der Waals surface area contributed by atoms with Crippen molar-refractivity contribution in [3.8, 4) is 6.01 Å². The van der Waals surface area contributed by atoms with Gasteiger partial charge in [-0.25, -0.2) is 4.98 Å². The number of hydrogen-bond donors (Lipinski definition) is 3. The molecular formula is C5H5N5O4S. The summed E-state index contributed by atoms with van der Waals surface area (Å²) in [5, 5.41) is 0. The van der Waals surface area contributed by atoms with E-state index < -0.39 is 16.4 Å². The van der Waals surface area contributed by atoms with Gasteiger partial charge in [0.05, 0.1) is 6.33 Å². The topological polar surface area (TPSA) is 144 Å². The normalized spacial score (nSPS) is 11.8. The van der Waals surface area contributed by atoms with Crippen LogP contribution in [0.2, 0.25) is 0 Å². The van der Waals surface area contributed by atoms with Gasteiger partial charge in [-0.1, -0.05) is 0 Å². The Hall–Kier alpha value is -1.94. The Morgan fingerprint density at radius 2 is 2.20 bits per heavy atom. The lowest BCUT2D eigenvalue weighted by Gasteiger charge is -1.99. The van der Waals surface area contributed by atoms with Crippen LogP contribution in [-0.4, -0.2) is 32.9 Å². The molecule has 0 bridgehead atoms. The molecule has 0 amide bonds. The summed E-state index contributed by atoms with van der Waals surface area (Å²) in [6, 6.07) is -0.588. The van der Waals surface area contributed by atoms with Crippen molar-refractivity contribution >= 4 is 27.4 Å². The van der Waals surface area contributed by atoms with Gasteiger partial charge in [-0.2, -0.15) is 18.4 Å². The standard InChI is InChI=1S/C5H5N5O4S/c6-3-2-4(8-1-7-2)10-5(9-3)14-15(11,12)13/h1H,(H,11,12,13)(H3,6,7,8,9,10). The summed E-state index contributed by atoms with van der Waals surface area (Å²) in [5.74, 6) is -0.0313. The molecule has 4 N–H and O–H groups in total. The van der Waals surface area contributed by atoms with Crippen molar-refractivity contribution in [3.05, 3.63) is 6.33 Å². The van der Waals surface area contributed by atoms with Gasteiger partial charge in [-0.15, -0.1) is 0 Å². The molecule has 2 aromatic heterocycles. The van der Waals surface area contributed by atoms with Crippen molar-refractivity contribution in [3.63, 3.8) is 0 Å². The maximum atomic E-state index is 10.4. The van der Waals surface area contributed by atoms with Gasteiger partial charge in [0.1, 0.15) is 5.52 Å². The van der Waals surface area contributed by atoms with Crippen molar-refractivity contribution in [2.75, 3.05) is 5.73 Å². The third-order valence-corrected chi connectivity index (χ3v) is 1.83. The molecule has 2 heterocycles. The zero-order valence-electron chi connectivity index (χ0n) is 7.08. The average molecular weight is 231 g/mol. The predicted molar refractivity (Wildman–Crippen MR) is 48.3 cm³/mol. The van der Waals surface area contributed by atoms with Crippen LogP contribution in [0.1, 0.15) is 0 Å². The molecule has 0 fully saturated rings. The number of nitrogens with two attached hydrogens (primary N) is 1. The van der Waals surface area contributed by atoms with Gasteiger partial charge in [0, 0.05) is 0 Å². The van der Waals surface area contributed by atoms with Gasteiger partial charge >= 0.3 is 16.4 Å². The summed E-state index contributed by atoms with van der Waals surface area (Å²) < 4.78 is 33.2. The fourth-order valence-electron chi connectivity index (χ4n) is 0.966. The first kappa shape index (κ1) is 9.61. The van der Waals surface area contributed by atoms with Crippen LogP contribution in [-0.2, 0) is 10.4 Å². The summed E-state index contributed by atoms with van der Waals surface area (Å²) in [6.45, 7) is 0. The van der Waals surface area contributed by atoms with Crippen LogP contribution >= 0.6 is 0 Å². The van der Waals surface area contributed by atoms with E-state index in [4.69, 9.17) is 10.3 Å². The number of anilines is 1. The molecule has 2 aromatic rings. The van der Waals surface area contributed by atoms with E-state index in [2.05, 4.69) is 24.1 Å². The molecule has 0 radical (unpaired) electrons. The van der Waals surface area contributed by atoms with Crippen molar-refractivity contribution < 1.29 is 17.2 Å². The quantitative estimate of drug-likeness (QED) is 0.565. The molecule has 0 saturated heterocycles. The SMILES string of the molecule is Nc1nc(OS(=O)(=O)O)nc2nc[nH]c12. The van der Waals surface area contributed by atoms with Gasteiger partial charge in [0.15, 0.2) is 11.5 Å². The Morgan fingerprint density at radius 3 is 2.87 bits per heavy atom. The number of nitrogens with zero attached hydrogens (tertiary/aromatic N) is 3. The van der Waals surface area contributed by atoms with E-state index in [1.165, 1.54) is 6.33 Å². The van der Waals surface area contributed by atoms with E-state index in [1.807, 2.05) is 0 Å². The van der Waals surface area contributed by atoms with Crippen LogP contribution < -0.4 is 9.92 Å². The maximum absolute atomic E-state index is 10.4. The van der Waals surface area contributed by atoms with Crippen LogP contribution in [0.4, 0.5) is 5.82 Å². The molecule has 2 rings (SSSR count). The lowest BCUT2D eigenvalue weighted by Crippen LogP contribution is -2.10. The summed E-state index contributed by atoms with van der Waals surface area (Å²) >= 11 is 0. The number of imidazole rings is 1. The van der Waals surface area contributed by atoms with Crippen molar-refractivity contribution in [2.24, 2.45) is 0 Å². The fraction of sp³-hybridized carbons (Fsp3) is 0. The number of H-pyrrole nitrogens is 1. The highest BCUT2D eigenvalue weighted by molar-refractivity contribution is 7.81. The number of fused-ring (bicyclic) bond motifs is 1. The molecule has 0 aliphatic rings. The molecule has 15 heavy (non-hydrogen) atoms. The van der Waals surface area contributed by atoms with Gasteiger partial charge in [0.2, 0.25) is 0 Å². The molecule has 0 aromatic carbocycles. The summed E-state index contributed by atoms with van der Waals surface area (Å²) in [5.41, 5.74) is 5.94. The minimum atomic E-state index is -4.66. The van der Waals surface area contributed by atoms with Crippen molar-refractivity contribution in [1.29, 1.82) is 0 Å². The Kier molecular flexibility index (Phi) is 1.94. The molecule has 0 aliphatic heterocycles. The van der Waals surface area contributed by atoms with Gasteiger partial charge < -0.3 is 14.9 Å². The summed E-state index contributed by atoms with van der Waals surface area (Å²) in [4.78, 5) is 13.5. The van der Waals surface area contributed by atoms with E-state index in [1.54, 1.807) is 0 Å². The second-order valence-corrected chi connectivity index (χ2v) is 3.53. The van der Waals surface area contributed by atoms with E-state index in [0.717, 1.165) is 0 Å². The third kappa shape index (κ3) is 1.94. The first-order chi connectivity index (χ1) is 6.96. The summed E-state index contributed by atoms with van der Waals surface area (Å²) in [7, 11) is -4.66. The number of hydrogen-bond acceptors (Lipinski definition) is 7. The molecule has 10 heteroatoms. The van der Waals surface area contributed by atoms with Crippen LogP contribution in [0.5, 0.6) is 6.01 Å². The van der Waals surface area contributed by atoms with E-state index in [9.17, 15) is 8.42 Å². The Balaban J connectivity index is 2.54. The predicted octanol–water partition coefficient (Wildman–Crippen LogP) is -0.883. The molecule has 0 unspecified atom stereocenters. The monoisotopic (exact) mass is 231 g/mol. The number of nitrogen functional groups attached to an aromatic ring is 1. The second-order valence-electron chi connectivity index (χ2n) is 2.50. The molecule has 0 spiro atoms. The average Bonchev–Trinajstić information content (AvgIpc) is 2.48.